The topological polar surface area (TPSA) is 59.3 Å². The van der Waals surface area contributed by atoms with Crippen molar-refractivity contribution in [1.82, 2.24) is 0 Å². The highest BCUT2D eigenvalue weighted by Gasteiger charge is 2.21. The Morgan fingerprint density at radius 1 is 1.15 bits per heavy atom. The minimum atomic E-state index is -0.331. The molecule has 0 spiro atoms. The number of furan rings is 1. The predicted octanol–water partition coefficient (Wildman–Crippen LogP) is 5.66. The van der Waals surface area contributed by atoms with E-state index in [1.54, 1.807) is 18.2 Å². The highest BCUT2D eigenvalue weighted by Crippen LogP contribution is 2.33. The highest BCUT2D eigenvalue weighted by molar-refractivity contribution is 9.10. The van der Waals surface area contributed by atoms with Crippen LogP contribution in [0, 0.1) is 0 Å². The maximum absolute atomic E-state index is 12.7. The molecular formula is C20H15BrClNO3. The van der Waals surface area contributed by atoms with Crippen LogP contribution in [0.4, 0.5) is 5.69 Å². The quantitative estimate of drug-likeness (QED) is 0.311. The average Bonchev–Trinajstić information content (AvgIpc) is 2.98. The van der Waals surface area contributed by atoms with Gasteiger partial charge in [-0.15, -0.1) is 11.6 Å². The molecule has 0 saturated carbocycles. The first kappa shape index (κ1) is 18.4. The fourth-order valence-electron chi connectivity index (χ4n) is 2.47. The SMILES string of the molecule is O=C(CCCl)Nc1c(C(=O)/C=C/c2ccccc2)oc2ccc(Br)cc12. The van der Waals surface area contributed by atoms with Crippen LogP contribution in [0.1, 0.15) is 22.5 Å². The number of halogens is 2. The molecule has 26 heavy (non-hydrogen) atoms. The first-order valence-corrected chi connectivity index (χ1v) is 9.26. The van der Waals surface area contributed by atoms with Crippen LogP contribution in [0.3, 0.4) is 0 Å². The van der Waals surface area contributed by atoms with Gasteiger partial charge in [-0.2, -0.15) is 0 Å². The van der Waals surface area contributed by atoms with Crippen molar-refractivity contribution in [1.29, 1.82) is 0 Å². The summed E-state index contributed by atoms with van der Waals surface area (Å²) in [6.07, 6.45) is 3.28. The second kappa shape index (κ2) is 8.34. The Morgan fingerprint density at radius 2 is 1.92 bits per heavy atom. The van der Waals surface area contributed by atoms with E-state index in [1.165, 1.54) is 6.08 Å². The Labute approximate surface area is 164 Å². The summed E-state index contributed by atoms with van der Waals surface area (Å²) in [7, 11) is 0. The Bertz CT molecular complexity index is 979. The normalized spacial score (nSPS) is 11.2. The molecule has 3 aromatic rings. The van der Waals surface area contributed by atoms with Gasteiger partial charge >= 0.3 is 0 Å². The number of benzene rings is 2. The summed E-state index contributed by atoms with van der Waals surface area (Å²) in [6.45, 7) is 0. The number of hydrogen-bond acceptors (Lipinski definition) is 3. The van der Waals surface area contributed by atoms with Crippen molar-refractivity contribution in [2.24, 2.45) is 0 Å². The van der Waals surface area contributed by atoms with Crippen LogP contribution in [-0.2, 0) is 4.79 Å². The van der Waals surface area contributed by atoms with Crippen molar-refractivity contribution in [2.45, 2.75) is 6.42 Å². The highest BCUT2D eigenvalue weighted by atomic mass is 79.9. The summed E-state index contributed by atoms with van der Waals surface area (Å²) in [4.78, 5) is 24.7. The summed E-state index contributed by atoms with van der Waals surface area (Å²) in [6, 6.07) is 14.8. The van der Waals surface area contributed by atoms with Crippen molar-refractivity contribution in [3.63, 3.8) is 0 Å². The van der Waals surface area contributed by atoms with Crippen molar-refractivity contribution < 1.29 is 14.0 Å². The average molecular weight is 433 g/mol. The Balaban J connectivity index is 1.99. The van der Waals surface area contributed by atoms with Crippen LogP contribution < -0.4 is 5.32 Å². The lowest BCUT2D eigenvalue weighted by Gasteiger charge is -2.04. The van der Waals surface area contributed by atoms with Gasteiger partial charge in [-0.3, -0.25) is 9.59 Å². The molecule has 3 rings (SSSR count). The van der Waals surface area contributed by atoms with Crippen LogP contribution in [0.2, 0.25) is 0 Å². The molecule has 0 aliphatic rings. The van der Waals surface area contributed by atoms with Gasteiger partial charge in [0, 0.05) is 22.2 Å². The molecule has 0 bridgehead atoms. The number of alkyl halides is 1. The third-order valence-corrected chi connectivity index (χ3v) is 4.37. The van der Waals surface area contributed by atoms with E-state index in [2.05, 4.69) is 21.2 Å². The van der Waals surface area contributed by atoms with Crippen LogP contribution in [0.25, 0.3) is 17.0 Å². The van der Waals surface area contributed by atoms with Crippen LogP contribution >= 0.6 is 27.5 Å². The lowest BCUT2D eigenvalue weighted by molar-refractivity contribution is -0.115. The molecule has 6 heteroatoms. The van der Waals surface area contributed by atoms with Gasteiger partial charge in [0.25, 0.3) is 0 Å². The van der Waals surface area contributed by atoms with Gasteiger partial charge < -0.3 is 9.73 Å². The van der Waals surface area contributed by atoms with Crippen LogP contribution in [0.15, 0.2) is 63.5 Å². The molecule has 0 aliphatic heterocycles. The van der Waals surface area contributed by atoms with Gasteiger partial charge in [0.15, 0.2) is 5.76 Å². The molecule has 2 aromatic carbocycles. The van der Waals surface area contributed by atoms with E-state index >= 15 is 0 Å². The Kier molecular flexibility index (Phi) is 5.91. The van der Waals surface area contributed by atoms with Crippen LogP contribution in [0.5, 0.6) is 0 Å². The number of hydrogen-bond donors (Lipinski definition) is 1. The maximum atomic E-state index is 12.7. The summed E-state index contributed by atoms with van der Waals surface area (Å²) in [5.74, 6) is -0.318. The second-order valence-corrected chi connectivity index (χ2v) is 6.84. The lowest BCUT2D eigenvalue weighted by Crippen LogP contribution is -2.13. The number of allylic oxidation sites excluding steroid dienone is 1. The fraction of sp³-hybridized carbons (Fsp3) is 0.100. The zero-order valence-electron chi connectivity index (χ0n) is 13.7. The summed E-state index contributed by atoms with van der Waals surface area (Å²) in [5.41, 5.74) is 1.78. The van der Waals surface area contributed by atoms with Gasteiger partial charge in [0.1, 0.15) is 5.58 Å². The molecule has 0 fully saturated rings. The van der Waals surface area contributed by atoms with Gasteiger partial charge in [0.05, 0.1) is 5.69 Å². The van der Waals surface area contributed by atoms with E-state index in [4.69, 9.17) is 16.0 Å². The molecule has 0 atom stereocenters. The first-order chi connectivity index (χ1) is 12.6. The third-order valence-electron chi connectivity index (χ3n) is 3.69. The molecule has 1 amide bonds. The summed E-state index contributed by atoms with van der Waals surface area (Å²) >= 11 is 9.03. The second-order valence-electron chi connectivity index (χ2n) is 5.54. The predicted molar refractivity (Wildman–Crippen MR) is 108 cm³/mol. The molecule has 0 saturated heterocycles. The largest absolute Gasteiger partial charge is 0.450 e. The minimum absolute atomic E-state index is 0.0909. The zero-order valence-corrected chi connectivity index (χ0v) is 16.0. The molecular weight excluding hydrogens is 418 g/mol. The van der Waals surface area contributed by atoms with Gasteiger partial charge in [-0.25, -0.2) is 0 Å². The van der Waals surface area contributed by atoms with Gasteiger partial charge in [0.2, 0.25) is 11.7 Å². The Hall–Kier alpha value is -2.37. The molecule has 1 aromatic heterocycles. The molecule has 0 aliphatic carbocycles. The third kappa shape index (κ3) is 4.23. The molecule has 0 unspecified atom stereocenters. The number of amides is 1. The summed E-state index contributed by atoms with van der Waals surface area (Å²) in [5, 5.41) is 3.40. The number of carbonyl (C=O) groups is 2. The monoisotopic (exact) mass is 431 g/mol. The van der Waals surface area contributed by atoms with E-state index in [1.807, 2.05) is 36.4 Å². The van der Waals surface area contributed by atoms with E-state index in [0.717, 1.165) is 10.0 Å². The van der Waals surface area contributed by atoms with Crippen molar-refractivity contribution in [3.8, 4) is 0 Å². The van der Waals surface area contributed by atoms with E-state index in [0.29, 0.717) is 16.7 Å². The lowest BCUT2D eigenvalue weighted by atomic mass is 10.1. The molecule has 1 heterocycles. The van der Waals surface area contributed by atoms with Crippen molar-refractivity contribution in [3.05, 3.63) is 70.4 Å². The number of rotatable bonds is 6. The molecule has 132 valence electrons. The molecule has 1 N–H and O–H groups in total. The molecule has 0 radical (unpaired) electrons. The minimum Gasteiger partial charge on any atom is -0.450 e. The number of ketones is 1. The van der Waals surface area contributed by atoms with Gasteiger partial charge in [-0.05, 0) is 29.8 Å². The molecule has 4 nitrogen and oxygen atoms in total. The van der Waals surface area contributed by atoms with E-state index in [-0.39, 0.29) is 29.8 Å². The van der Waals surface area contributed by atoms with Gasteiger partial charge in [-0.1, -0.05) is 52.3 Å². The number of fused-ring (bicyclic) bond motifs is 1. The number of nitrogens with one attached hydrogen (secondary N) is 1. The van der Waals surface area contributed by atoms with E-state index in [9.17, 15) is 9.59 Å². The summed E-state index contributed by atoms with van der Waals surface area (Å²) < 4.78 is 6.53. The fourth-order valence-corrected chi connectivity index (χ4v) is 3.00. The smallest absolute Gasteiger partial charge is 0.225 e. The van der Waals surface area contributed by atoms with E-state index < -0.39 is 0 Å². The van der Waals surface area contributed by atoms with Crippen LogP contribution in [-0.4, -0.2) is 17.6 Å². The van der Waals surface area contributed by atoms with Crippen molar-refractivity contribution in [2.75, 3.05) is 11.2 Å². The number of carbonyl (C=O) groups excluding carboxylic acids is 2. The maximum Gasteiger partial charge on any atom is 0.225 e. The first-order valence-electron chi connectivity index (χ1n) is 7.94. The Morgan fingerprint density at radius 3 is 2.65 bits per heavy atom. The zero-order chi connectivity index (χ0) is 18.5. The van der Waals surface area contributed by atoms with Crippen molar-refractivity contribution >= 4 is 62.0 Å². The number of anilines is 1. The standard InChI is InChI=1S/C20H15BrClNO3/c21-14-7-9-17-15(12-14)19(23-18(25)10-11-22)20(26-17)16(24)8-6-13-4-2-1-3-5-13/h1-9,12H,10-11H2,(H,23,25)/b8-6+.